The van der Waals surface area contributed by atoms with Crippen molar-refractivity contribution in [3.63, 3.8) is 0 Å². The molecule has 6 heteroatoms. The summed E-state index contributed by atoms with van der Waals surface area (Å²) < 4.78 is 15.6. The lowest BCUT2D eigenvalue weighted by atomic mass is 10.0. The fourth-order valence-electron chi connectivity index (χ4n) is 2.30. The Kier molecular flexibility index (Phi) is 5.87. The normalized spacial score (nSPS) is 10.8. The topological polar surface area (TPSA) is 73.9 Å². The van der Waals surface area contributed by atoms with Gasteiger partial charge in [-0.1, -0.05) is 12.1 Å². The monoisotopic (exact) mass is 357 g/mol. The molecule has 0 aliphatic carbocycles. The van der Waals surface area contributed by atoms with Crippen molar-refractivity contribution in [2.24, 2.45) is 0 Å². The number of anilines is 1. The molecule has 2 aromatic rings. The Morgan fingerprint density at radius 3 is 2.15 bits per heavy atom. The zero-order valence-corrected chi connectivity index (χ0v) is 15.6. The van der Waals surface area contributed by atoms with E-state index in [0.717, 1.165) is 0 Å². The Labute approximate surface area is 153 Å². The average molecular weight is 357 g/mol. The Bertz CT molecular complexity index is 808. The van der Waals surface area contributed by atoms with Gasteiger partial charge in [-0.2, -0.15) is 0 Å². The van der Waals surface area contributed by atoms with Crippen LogP contribution in [0.25, 0.3) is 0 Å². The molecule has 1 amide bonds. The van der Waals surface area contributed by atoms with Gasteiger partial charge in [-0.15, -0.1) is 0 Å². The molecule has 0 aliphatic rings. The van der Waals surface area contributed by atoms with Crippen LogP contribution in [0, 0.1) is 0 Å². The largest absolute Gasteiger partial charge is 0.493 e. The van der Waals surface area contributed by atoms with Gasteiger partial charge in [0.15, 0.2) is 17.3 Å². The molecule has 0 bridgehead atoms. The minimum absolute atomic E-state index is 0.196. The third-order valence-corrected chi connectivity index (χ3v) is 3.42. The highest BCUT2D eigenvalue weighted by Gasteiger charge is 2.17. The van der Waals surface area contributed by atoms with Gasteiger partial charge < -0.3 is 14.2 Å². The number of benzene rings is 2. The quantitative estimate of drug-likeness (QED) is 0.809. The van der Waals surface area contributed by atoms with Crippen molar-refractivity contribution in [3.8, 4) is 11.5 Å². The van der Waals surface area contributed by atoms with E-state index in [2.05, 4.69) is 5.32 Å². The molecular weight excluding hydrogens is 334 g/mol. The molecule has 2 rings (SSSR count). The molecule has 0 atom stereocenters. The van der Waals surface area contributed by atoms with E-state index in [1.165, 1.54) is 14.2 Å². The summed E-state index contributed by atoms with van der Waals surface area (Å²) in [4.78, 5) is 24.6. The second kappa shape index (κ2) is 7.91. The maximum atomic E-state index is 12.7. The van der Waals surface area contributed by atoms with Gasteiger partial charge in [-0.3, -0.25) is 10.1 Å². The molecule has 0 fully saturated rings. The van der Waals surface area contributed by atoms with Crippen LogP contribution in [0.5, 0.6) is 11.5 Å². The van der Waals surface area contributed by atoms with E-state index < -0.39 is 11.7 Å². The fraction of sp³-hybridized carbons (Fsp3) is 0.300. The molecule has 0 saturated heterocycles. The van der Waals surface area contributed by atoms with Crippen LogP contribution >= 0.6 is 0 Å². The van der Waals surface area contributed by atoms with Crippen molar-refractivity contribution in [2.75, 3.05) is 19.5 Å². The van der Waals surface area contributed by atoms with Crippen molar-refractivity contribution < 1.29 is 23.8 Å². The smallest absolute Gasteiger partial charge is 0.412 e. The second-order valence-electron chi connectivity index (χ2n) is 6.61. The van der Waals surface area contributed by atoms with Crippen molar-refractivity contribution in [1.82, 2.24) is 0 Å². The summed E-state index contributed by atoms with van der Waals surface area (Å²) in [5.74, 6) is 0.824. The van der Waals surface area contributed by atoms with Crippen LogP contribution in [0.2, 0.25) is 0 Å². The molecule has 0 unspecified atom stereocenters. The van der Waals surface area contributed by atoms with Gasteiger partial charge in [0, 0.05) is 16.8 Å². The van der Waals surface area contributed by atoms with Gasteiger partial charge in [0.2, 0.25) is 0 Å². The third-order valence-electron chi connectivity index (χ3n) is 3.42. The maximum Gasteiger partial charge on any atom is 0.412 e. The third kappa shape index (κ3) is 4.99. The van der Waals surface area contributed by atoms with Crippen LogP contribution in [0.4, 0.5) is 10.5 Å². The van der Waals surface area contributed by atoms with Crippen LogP contribution in [0.15, 0.2) is 42.5 Å². The summed E-state index contributed by atoms with van der Waals surface area (Å²) >= 11 is 0. The maximum absolute atomic E-state index is 12.7. The summed E-state index contributed by atoms with van der Waals surface area (Å²) in [7, 11) is 3.04. The Hall–Kier alpha value is -3.02. The number of hydrogen-bond donors (Lipinski definition) is 1. The van der Waals surface area contributed by atoms with Gasteiger partial charge >= 0.3 is 6.09 Å². The Morgan fingerprint density at radius 2 is 1.54 bits per heavy atom. The van der Waals surface area contributed by atoms with Gasteiger partial charge in [-0.25, -0.2) is 4.79 Å². The van der Waals surface area contributed by atoms with Gasteiger partial charge in [-0.05, 0) is 51.1 Å². The number of hydrogen-bond acceptors (Lipinski definition) is 5. The molecule has 0 aliphatic heterocycles. The first-order valence-electron chi connectivity index (χ1n) is 8.10. The van der Waals surface area contributed by atoms with Crippen LogP contribution in [-0.4, -0.2) is 31.7 Å². The lowest BCUT2D eigenvalue weighted by molar-refractivity contribution is 0.0635. The number of amides is 1. The number of ether oxygens (including phenoxy) is 3. The minimum Gasteiger partial charge on any atom is -0.493 e. The van der Waals surface area contributed by atoms with Crippen molar-refractivity contribution in [2.45, 2.75) is 26.4 Å². The first kappa shape index (κ1) is 19.3. The first-order chi connectivity index (χ1) is 12.2. The average Bonchev–Trinajstić information content (AvgIpc) is 2.59. The van der Waals surface area contributed by atoms with E-state index in [1.54, 1.807) is 63.2 Å². The Morgan fingerprint density at radius 1 is 0.885 bits per heavy atom. The SMILES string of the molecule is COc1ccc(C(=O)c2cccc(NC(=O)OC(C)(C)C)c2)cc1OC. The summed E-state index contributed by atoms with van der Waals surface area (Å²) in [6.07, 6.45) is -0.576. The molecule has 0 aromatic heterocycles. The van der Waals surface area contributed by atoms with Crippen molar-refractivity contribution in [1.29, 1.82) is 0 Å². The number of carbonyl (C=O) groups is 2. The zero-order valence-electron chi connectivity index (χ0n) is 15.6. The molecule has 0 spiro atoms. The molecule has 2 aromatic carbocycles. The summed E-state index contributed by atoms with van der Waals surface area (Å²) in [6, 6.07) is 11.6. The molecule has 26 heavy (non-hydrogen) atoms. The number of ketones is 1. The second-order valence-corrected chi connectivity index (χ2v) is 6.61. The van der Waals surface area contributed by atoms with Gasteiger partial charge in [0.05, 0.1) is 14.2 Å². The number of rotatable bonds is 5. The number of nitrogens with one attached hydrogen (secondary N) is 1. The minimum atomic E-state index is -0.600. The van der Waals surface area contributed by atoms with Gasteiger partial charge in [0.25, 0.3) is 0 Å². The lowest BCUT2D eigenvalue weighted by Gasteiger charge is -2.19. The molecule has 0 heterocycles. The van der Waals surface area contributed by atoms with E-state index in [1.807, 2.05) is 0 Å². The summed E-state index contributed by atoms with van der Waals surface area (Å²) in [5, 5.41) is 2.63. The molecule has 0 saturated carbocycles. The number of carbonyl (C=O) groups excluding carboxylic acids is 2. The van der Waals surface area contributed by atoms with E-state index in [0.29, 0.717) is 28.3 Å². The van der Waals surface area contributed by atoms with Crippen LogP contribution < -0.4 is 14.8 Å². The first-order valence-corrected chi connectivity index (χ1v) is 8.10. The lowest BCUT2D eigenvalue weighted by Crippen LogP contribution is -2.27. The highest BCUT2D eigenvalue weighted by Crippen LogP contribution is 2.28. The van der Waals surface area contributed by atoms with Crippen LogP contribution in [-0.2, 0) is 4.74 Å². The predicted octanol–water partition coefficient (Wildman–Crippen LogP) is 4.28. The standard InChI is InChI=1S/C20H23NO5/c1-20(2,3)26-19(23)21-15-8-6-7-13(11-15)18(22)14-9-10-16(24-4)17(12-14)25-5/h6-12H,1-5H3,(H,21,23). The zero-order chi connectivity index (χ0) is 19.3. The summed E-state index contributed by atoms with van der Waals surface area (Å²) in [6.45, 7) is 5.34. The van der Waals surface area contributed by atoms with Gasteiger partial charge in [0.1, 0.15) is 5.60 Å². The molecule has 6 nitrogen and oxygen atoms in total. The molecule has 138 valence electrons. The van der Waals surface area contributed by atoms with Crippen molar-refractivity contribution >= 4 is 17.6 Å². The fourth-order valence-corrected chi connectivity index (χ4v) is 2.30. The predicted molar refractivity (Wildman–Crippen MR) is 99.3 cm³/mol. The van der Waals surface area contributed by atoms with Crippen LogP contribution in [0.3, 0.4) is 0 Å². The van der Waals surface area contributed by atoms with E-state index in [4.69, 9.17) is 14.2 Å². The van der Waals surface area contributed by atoms with E-state index >= 15 is 0 Å². The highest BCUT2D eigenvalue weighted by atomic mass is 16.6. The van der Waals surface area contributed by atoms with Crippen molar-refractivity contribution in [3.05, 3.63) is 53.6 Å². The van der Waals surface area contributed by atoms with E-state index in [-0.39, 0.29) is 5.78 Å². The molecule has 0 radical (unpaired) electrons. The molecule has 1 N–H and O–H groups in total. The Balaban J connectivity index is 2.21. The van der Waals surface area contributed by atoms with Crippen LogP contribution in [0.1, 0.15) is 36.7 Å². The van der Waals surface area contributed by atoms with E-state index in [9.17, 15) is 9.59 Å². The summed E-state index contributed by atoms with van der Waals surface area (Å²) in [5.41, 5.74) is 0.769. The number of methoxy groups -OCH3 is 2. The highest BCUT2D eigenvalue weighted by molar-refractivity contribution is 6.10. The molecular formula is C20H23NO5.